The Morgan fingerprint density at radius 2 is 1.91 bits per heavy atom. The molecule has 0 saturated carbocycles. The lowest BCUT2D eigenvalue weighted by molar-refractivity contribution is -0.131. The van der Waals surface area contributed by atoms with E-state index >= 15 is 0 Å². The molecule has 0 aliphatic carbocycles. The van der Waals surface area contributed by atoms with Crippen molar-refractivity contribution in [1.29, 1.82) is 0 Å². The molecule has 4 amide bonds. The first-order valence-electron chi connectivity index (χ1n) is 7.88. The van der Waals surface area contributed by atoms with Gasteiger partial charge in [0.05, 0.1) is 12.6 Å². The van der Waals surface area contributed by atoms with Crippen molar-refractivity contribution in [2.24, 2.45) is 5.92 Å². The number of amides is 4. The lowest BCUT2D eigenvalue weighted by atomic mass is 9.95. The van der Waals surface area contributed by atoms with E-state index in [1.807, 2.05) is 38.1 Å². The highest BCUT2D eigenvalue weighted by Gasteiger charge is 2.31. The maximum absolute atomic E-state index is 12.2. The molecule has 6 heteroatoms. The summed E-state index contributed by atoms with van der Waals surface area (Å²) in [7, 11) is 0. The van der Waals surface area contributed by atoms with E-state index in [0.717, 1.165) is 16.9 Å². The summed E-state index contributed by atoms with van der Waals surface area (Å²) in [5.74, 6) is -0.526. The van der Waals surface area contributed by atoms with Crippen LogP contribution in [0.4, 0.5) is 4.79 Å². The molecule has 2 rings (SSSR count). The third-order valence-electron chi connectivity index (χ3n) is 3.97. The van der Waals surface area contributed by atoms with Crippen molar-refractivity contribution >= 4 is 17.8 Å². The lowest BCUT2D eigenvalue weighted by Crippen LogP contribution is -2.42. The highest BCUT2D eigenvalue weighted by Crippen LogP contribution is 2.22. The van der Waals surface area contributed by atoms with Crippen LogP contribution >= 0.6 is 0 Å². The van der Waals surface area contributed by atoms with Gasteiger partial charge >= 0.3 is 6.03 Å². The van der Waals surface area contributed by atoms with Gasteiger partial charge < -0.3 is 10.6 Å². The number of hydrogen-bond donors (Lipinski definition) is 2. The van der Waals surface area contributed by atoms with Crippen molar-refractivity contribution in [3.8, 4) is 0 Å². The zero-order valence-corrected chi connectivity index (χ0v) is 13.8. The van der Waals surface area contributed by atoms with E-state index in [9.17, 15) is 14.4 Å². The van der Waals surface area contributed by atoms with Crippen molar-refractivity contribution in [2.75, 3.05) is 13.1 Å². The number of aryl methyl sites for hydroxylation is 1. The molecule has 23 heavy (non-hydrogen) atoms. The van der Waals surface area contributed by atoms with Crippen LogP contribution in [-0.2, 0) is 16.0 Å². The Morgan fingerprint density at radius 3 is 2.39 bits per heavy atom. The van der Waals surface area contributed by atoms with E-state index in [-0.39, 0.29) is 36.9 Å². The Labute approximate surface area is 136 Å². The maximum atomic E-state index is 12.2. The molecule has 1 unspecified atom stereocenters. The van der Waals surface area contributed by atoms with Gasteiger partial charge in [-0.3, -0.25) is 14.5 Å². The summed E-state index contributed by atoms with van der Waals surface area (Å²) < 4.78 is 0. The fourth-order valence-corrected chi connectivity index (χ4v) is 2.57. The monoisotopic (exact) mass is 317 g/mol. The summed E-state index contributed by atoms with van der Waals surface area (Å²) in [5, 5.41) is 5.33. The molecule has 1 atom stereocenters. The van der Waals surface area contributed by atoms with Gasteiger partial charge in [0, 0.05) is 0 Å². The second-order valence-corrected chi connectivity index (χ2v) is 6.02. The molecule has 6 nitrogen and oxygen atoms in total. The predicted molar refractivity (Wildman–Crippen MR) is 86.7 cm³/mol. The van der Waals surface area contributed by atoms with Gasteiger partial charge in [-0.25, -0.2) is 4.79 Å². The quantitative estimate of drug-likeness (QED) is 0.783. The normalized spacial score (nSPS) is 15.7. The van der Waals surface area contributed by atoms with Crippen LogP contribution in [0.5, 0.6) is 0 Å². The minimum absolute atomic E-state index is 0.0435. The second kappa shape index (κ2) is 7.26. The zero-order valence-electron chi connectivity index (χ0n) is 13.8. The summed E-state index contributed by atoms with van der Waals surface area (Å²) in [5.41, 5.74) is 2.25. The number of nitrogens with one attached hydrogen (secondary N) is 2. The molecule has 2 N–H and O–H groups in total. The molecule has 0 bridgehead atoms. The first kappa shape index (κ1) is 17.0. The molecule has 1 aromatic rings. The van der Waals surface area contributed by atoms with Gasteiger partial charge in [-0.05, 0) is 23.5 Å². The average molecular weight is 317 g/mol. The van der Waals surface area contributed by atoms with Crippen LogP contribution in [0.1, 0.15) is 37.9 Å². The van der Waals surface area contributed by atoms with Crippen molar-refractivity contribution < 1.29 is 14.4 Å². The summed E-state index contributed by atoms with van der Waals surface area (Å²) >= 11 is 0. The number of carbonyl (C=O) groups excluding carboxylic acids is 3. The number of rotatable bonds is 6. The topological polar surface area (TPSA) is 78.5 Å². The molecular weight excluding hydrogens is 294 g/mol. The molecule has 0 aromatic heterocycles. The molecule has 1 aliphatic heterocycles. The Morgan fingerprint density at radius 1 is 1.26 bits per heavy atom. The number of urea groups is 1. The van der Waals surface area contributed by atoms with Crippen LogP contribution in [0, 0.1) is 5.92 Å². The summed E-state index contributed by atoms with van der Waals surface area (Å²) in [6.07, 6.45) is 0.963. The highest BCUT2D eigenvalue weighted by atomic mass is 16.2. The van der Waals surface area contributed by atoms with Crippen molar-refractivity contribution in [3.05, 3.63) is 35.4 Å². The number of hydrogen-bond acceptors (Lipinski definition) is 3. The molecule has 1 saturated heterocycles. The molecule has 124 valence electrons. The SMILES string of the molecule is CCc1ccc(C(NC(=O)CN2C(=O)CNC2=O)C(C)C)cc1. The van der Waals surface area contributed by atoms with Crippen LogP contribution < -0.4 is 10.6 Å². The first-order chi connectivity index (χ1) is 10.9. The lowest BCUT2D eigenvalue weighted by Gasteiger charge is -2.24. The Bertz CT molecular complexity index is 580. The third-order valence-corrected chi connectivity index (χ3v) is 3.97. The van der Waals surface area contributed by atoms with E-state index in [1.54, 1.807) is 0 Å². The van der Waals surface area contributed by atoms with Crippen molar-refractivity contribution in [2.45, 2.75) is 33.2 Å². The zero-order chi connectivity index (χ0) is 17.0. The van der Waals surface area contributed by atoms with Crippen LogP contribution in [0.2, 0.25) is 0 Å². The smallest absolute Gasteiger partial charge is 0.325 e. The number of nitrogens with zero attached hydrogens (tertiary/aromatic N) is 1. The molecule has 0 radical (unpaired) electrons. The molecule has 0 spiro atoms. The van der Waals surface area contributed by atoms with E-state index in [4.69, 9.17) is 0 Å². The van der Waals surface area contributed by atoms with Crippen molar-refractivity contribution in [3.63, 3.8) is 0 Å². The van der Waals surface area contributed by atoms with Gasteiger partial charge in [-0.2, -0.15) is 0 Å². The van der Waals surface area contributed by atoms with Gasteiger partial charge in [-0.1, -0.05) is 45.0 Å². The summed E-state index contributed by atoms with van der Waals surface area (Å²) in [6, 6.07) is 7.45. The maximum Gasteiger partial charge on any atom is 0.325 e. The molecule has 1 fully saturated rings. The van der Waals surface area contributed by atoms with Gasteiger partial charge in [-0.15, -0.1) is 0 Å². The molecule has 1 heterocycles. The van der Waals surface area contributed by atoms with Gasteiger partial charge in [0.15, 0.2) is 0 Å². The van der Waals surface area contributed by atoms with E-state index in [1.165, 1.54) is 5.56 Å². The van der Waals surface area contributed by atoms with Crippen LogP contribution in [0.15, 0.2) is 24.3 Å². The Balaban J connectivity index is 2.05. The average Bonchev–Trinajstić information content (AvgIpc) is 2.84. The predicted octanol–water partition coefficient (Wildman–Crippen LogP) is 1.61. The highest BCUT2D eigenvalue weighted by molar-refractivity contribution is 6.04. The molecule has 1 aromatic carbocycles. The van der Waals surface area contributed by atoms with Gasteiger partial charge in [0.25, 0.3) is 5.91 Å². The fraction of sp³-hybridized carbons (Fsp3) is 0.471. The summed E-state index contributed by atoms with van der Waals surface area (Å²) in [4.78, 5) is 36.2. The van der Waals surface area contributed by atoms with Crippen LogP contribution in [0.25, 0.3) is 0 Å². The number of carbonyl (C=O) groups is 3. The van der Waals surface area contributed by atoms with E-state index in [0.29, 0.717) is 0 Å². The van der Waals surface area contributed by atoms with Gasteiger partial charge in [0.1, 0.15) is 6.54 Å². The van der Waals surface area contributed by atoms with E-state index in [2.05, 4.69) is 17.6 Å². The van der Waals surface area contributed by atoms with E-state index < -0.39 is 6.03 Å². The Kier molecular flexibility index (Phi) is 5.36. The fourth-order valence-electron chi connectivity index (χ4n) is 2.57. The molecular formula is C17H23N3O3. The van der Waals surface area contributed by atoms with Crippen LogP contribution in [0.3, 0.4) is 0 Å². The second-order valence-electron chi connectivity index (χ2n) is 6.02. The molecule has 1 aliphatic rings. The Hall–Kier alpha value is -2.37. The van der Waals surface area contributed by atoms with Gasteiger partial charge in [0.2, 0.25) is 5.91 Å². The minimum atomic E-state index is -0.515. The van der Waals surface area contributed by atoms with Crippen molar-refractivity contribution in [1.82, 2.24) is 15.5 Å². The number of imide groups is 1. The van der Waals surface area contributed by atoms with Crippen LogP contribution in [-0.4, -0.2) is 35.8 Å². The number of benzene rings is 1. The largest absolute Gasteiger partial charge is 0.347 e. The first-order valence-corrected chi connectivity index (χ1v) is 7.88. The minimum Gasteiger partial charge on any atom is -0.347 e. The standard InChI is InChI=1S/C17H23N3O3/c1-4-12-5-7-13(8-6-12)16(11(2)3)19-14(21)10-20-15(22)9-18-17(20)23/h5-8,11,16H,4,9-10H2,1-3H3,(H,18,23)(H,19,21). The third kappa shape index (κ3) is 4.09. The summed E-state index contributed by atoms with van der Waals surface area (Å²) in [6.45, 7) is 5.84.